The molecule has 131 heavy (non-hydrogen) atoms. The third-order valence-corrected chi connectivity index (χ3v) is 17.9. The van der Waals surface area contributed by atoms with Gasteiger partial charge >= 0.3 is 0 Å². The van der Waals surface area contributed by atoms with Crippen molar-refractivity contribution in [1.29, 1.82) is 0 Å². The van der Waals surface area contributed by atoms with Gasteiger partial charge in [-0.15, -0.1) is 112 Å². The number of aromatic amines is 11. The fourth-order valence-corrected chi connectivity index (χ4v) is 10.9. The van der Waals surface area contributed by atoms with Gasteiger partial charge in [0.05, 0.1) is 10.6 Å². The summed E-state index contributed by atoms with van der Waals surface area (Å²) in [6.45, 7) is 14.3. The maximum absolute atomic E-state index is 13.0. The van der Waals surface area contributed by atoms with Gasteiger partial charge in [-0.2, -0.15) is 57.3 Å². The number of aromatic nitrogens is 44. The highest BCUT2D eigenvalue weighted by molar-refractivity contribution is 6.33. The van der Waals surface area contributed by atoms with Gasteiger partial charge in [0.1, 0.15) is 5.82 Å². The number of halogens is 3. The number of hydrogen-bond donors (Lipinski definition) is 11. The van der Waals surface area contributed by atoms with Gasteiger partial charge in [-0.25, -0.2) is 4.39 Å². The summed E-state index contributed by atoms with van der Waals surface area (Å²) in [6, 6.07) is 86.5. The minimum absolute atomic E-state index is 0.271. The van der Waals surface area contributed by atoms with Crippen LogP contribution in [0.25, 0.3) is 125 Å². The lowest BCUT2D eigenvalue weighted by Crippen LogP contribution is -1.85. The van der Waals surface area contributed by atoms with Crippen molar-refractivity contribution in [2.24, 2.45) is 0 Å². The summed E-state index contributed by atoms with van der Waals surface area (Å²) in [4.78, 5) is 0. The zero-order valence-electron chi connectivity index (χ0n) is 70.4. The molecule has 654 valence electrons. The van der Waals surface area contributed by atoms with Crippen LogP contribution in [0, 0.1) is 54.3 Å². The van der Waals surface area contributed by atoms with Crippen LogP contribution in [0.4, 0.5) is 4.39 Å². The maximum Gasteiger partial charge on any atom is 0.207 e. The Morgan fingerprint density at radius 3 is 0.595 bits per heavy atom. The first-order valence-corrected chi connectivity index (χ1v) is 39.7. The summed E-state index contributed by atoms with van der Waals surface area (Å²) in [5.41, 5.74) is 18.4. The average Bonchev–Trinajstić information content (AvgIpc) is 1.78. The standard InChI is InChI=1S/7C8H8N4.2C7H5ClN4.C7H5FN4.C7H6N4/c7*1-6-2-4-7(5-3-6)8-9-11-12-10-8;8-6-3-1-2-5(4-6)7-9-11-12-10-7;2*8-6-4-2-1-3-5(6)7-9-11-12-10-7;1-2-4-6(5-3-1)7-8-10-11-9-7/h7*2-5H,1H3,(H,9,10,11,12);3*1-4H,(H,9,10,11,12);1-5H,(H,8,9,10,11). The molecule has 44 nitrogen and oxygen atoms in total. The van der Waals surface area contributed by atoms with E-state index in [1.165, 1.54) is 45.0 Å². The lowest BCUT2D eigenvalue weighted by molar-refractivity contribution is 0.630. The van der Waals surface area contributed by atoms with Gasteiger partial charge in [0.2, 0.25) is 64.1 Å². The van der Waals surface area contributed by atoms with Gasteiger partial charge in [0.25, 0.3) is 0 Å². The van der Waals surface area contributed by atoms with Crippen molar-refractivity contribution in [2.75, 3.05) is 0 Å². The minimum atomic E-state index is -0.348. The normalized spacial score (nSPS) is 10.1. The summed E-state index contributed by atoms with van der Waals surface area (Å²) < 4.78 is 13.0. The first-order chi connectivity index (χ1) is 64.1. The van der Waals surface area contributed by atoms with Crippen LogP contribution in [0.2, 0.25) is 10.0 Å². The molecule has 0 unspecified atom stereocenters. The molecule has 11 aromatic heterocycles. The Hall–Kier alpha value is -18.3. The summed E-state index contributed by atoms with van der Waals surface area (Å²) >= 11 is 11.7. The van der Waals surface area contributed by atoms with Gasteiger partial charge in [-0.1, -0.05) is 299 Å². The summed E-state index contributed by atoms with van der Waals surface area (Å²) in [7, 11) is 0. The quantitative estimate of drug-likeness (QED) is 0.0573. The molecule has 22 aromatic rings. The zero-order chi connectivity index (χ0) is 91.4. The molecule has 0 fully saturated rings. The molecule has 0 saturated carbocycles. The number of aryl methyl sites for hydroxylation is 7. The first-order valence-electron chi connectivity index (χ1n) is 39.0. The Bertz CT molecular complexity index is 5920. The van der Waals surface area contributed by atoms with Crippen molar-refractivity contribution in [2.45, 2.75) is 48.5 Å². The molecule has 47 heteroatoms. The number of nitrogens with one attached hydrogen (secondary N) is 11. The molecule has 0 aliphatic carbocycles. The number of rotatable bonds is 11. The highest BCUT2D eigenvalue weighted by Gasteiger charge is 2.11. The molecule has 11 heterocycles. The van der Waals surface area contributed by atoms with E-state index in [2.05, 4.69) is 227 Å². The molecule has 0 amide bonds. The number of nitrogens with zero attached hydrogens (tertiary/aromatic N) is 33. The number of hydrogen-bond acceptors (Lipinski definition) is 33. The van der Waals surface area contributed by atoms with E-state index in [1.54, 1.807) is 36.4 Å². The Labute approximate surface area is 752 Å². The predicted molar refractivity (Wildman–Crippen MR) is 479 cm³/mol. The second-order valence-corrected chi connectivity index (χ2v) is 27.8. The van der Waals surface area contributed by atoms with Crippen molar-refractivity contribution in [3.05, 3.63) is 328 Å². The highest BCUT2D eigenvalue weighted by Crippen LogP contribution is 2.25. The van der Waals surface area contributed by atoms with Crippen LogP contribution in [0.3, 0.4) is 0 Å². The minimum Gasteiger partial charge on any atom is -0.206 e. The Kier molecular flexibility index (Phi) is 34.6. The van der Waals surface area contributed by atoms with Crippen LogP contribution in [-0.4, -0.2) is 227 Å². The Balaban J connectivity index is 0.000000130. The van der Waals surface area contributed by atoms with E-state index in [9.17, 15) is 4.39 Å². The first kappa shape index (κ1) is 91.9. The molecule has 0 atom stereocenters. The molecule has 0 saturated heterocycles. The molecule has 0 aliphatic rings. The van der Waals surface area contributed by atoms with Crippen LogP contribution in [-0.2, 0) is 0 Å². The molecular formula is C84H77Cl2FN44. The molecule has 11 N–H and O–H groups in total. The largest absolute Gasteiger partial charge is 0.207 e. The van der Waals surface area contributed by atoms with Crippen LogP contribution < -0.4 is 0 Å². The van der Waals surface area contributed by atoms with Gasteiger partial charge in [0, 0.05) is 60.7 Å². The second kappa shape index (κ2) is 49.3. The summed E-state index contributed by atoms with van der Waals surface area (Å²) in [5, 5.41) is 150. The molecule has 0 spiro atoms. The molecule has 11 aromatic carbocycles. The van der Waals surface area contributed by atoms with E-state index in [0.29, 0.717) is 73.9 Å². The number of benzene rings is 11. The number of tetrazole rings is 11. The Morgan fingerprint density at radius 2 is 0.374 bits per heavy atom. The van der Waals surface area contributed by atoms with E-state index in [1.807, 2.05) is 279 Å². The van der Waals surface area contributed by atoms with Crippen molar-refractivity contribution in [1.82, 2.24) is 227 Å². The SMILES string of the molecule is Cc1ccc(-c2nn[nH]n2)cc1.Cc1ccc(-c2nn[nH]n2)cc1.Cc1ccc(-c2nn[nH]n2)cc1.Cc1ccc(-c2nn[nH]n2)cc1.Cc1ccc(-c2nn[nH]n2)cc1.Cc1ccc(-c2nn[nH]n2)cc1.Cc1ccc(-c2nn[nH]n2)cc1.Clc1cccc(-c2nn[nH]n2)c1.Clc1ccccc1-c1nn[nH]n1.Fc1ccccc1-c1nn[nH]n1.c1ccc(-c2nn[nH]n2)cc1. The summed E-state index contributed by atoms with van der Waals surface area (Å²) in [5.74, 6) is 6.06. The monoisotopic (exact) mass is 1790 g/mol. The maximum atomic E-state index is 13.0. The smallest absolute Gasteiger partial charge is 0.206 e. The zero-order valence-corrected chi connectivity index (χ0v) is 71.9. The molecule has 0 aliphatic heterocycles. The van der Waals surface area contributed by atoms with E-state index in [4.69, 9.17) is 23.2 Å². The van der Waals surface area contributed by atoms with E-state index in [-0.39, 0.29) is 11.6 Å². The fraction of sp³-hybridized carbons (Fsp3) is 0.0833. The molecule has 0 radical (unpaired) electrons. The predicted octanol–water partition coefficient (Wildman–Crippen LogP) is 13.1. The van der Waals surface area contributed by atoms with E-state index >= 15 is 0 Å². The number of H-pyrrole nitrogens is 11. The van der Waals surface area contributed by atoms with Crippen LogP contribution in [0.1, 0.15) is 38.9 Å². The van der Waals surface area contributed by atoms with Crippen molar-refractivity contribution >= 4 is 23.2 Å². The Morgan fingerprint density at radius 1 is 0.183 bits per heavy atom. The van der Waals surface area contributed by atoms with E-state index < -0.39 is 0 Å². The van der Waals surface area contributed by atoms with E-state index in [0.717, 1.165) is 55.6 Å². The highest BCUT2D eigenvalue weighted by atomic mass is 35.5. The molecule has 0 bridgehead atoms. The van der Waals surface area contributed by atoms with Crippen LogP contribution in [0.5, 0.6) is 0 Å². The van der Waals surface area contributed by atoms with Crippen LogP contribution >= 0.6 is 23.2 Å². The lowest BCUT2D eigenvalue weighted by Gasteiger charge is -1.95. The van der Waals surface area contributed by atoms with Crippen molar-refractivity contribution in [3.8, 4) is 125 Å². The van der Waals surface area contributed by atoms with Gasteiger partial charge in [-0.3, -0.25) is 0 Å². The van der Waals surface area contributed by atoms with Crippen molar-refractivity contribution < 1.29 is 4.39 Å². The third-order valence-electron chi connectivity index (χ3n) is 17.3. The van der Waals surface area contributed by atoms with Crippen LogP contribution in [0.15, 0.2) is 273 Å². The summed E-state index contributed by atoms with van der Waals surface area (Å²) in [6.07, 6.45) is 0. The second-order valence-electron chi connectivity index (χ2n) is 27.0. The van der Waals surface area contributed by atoms with Gasteiger partial charge < -0.3 is 0 Å². The molecule has 22 rings (SSSR count). The van der Waals surface area contributed by atoms with Gasteiger partial charge in [0.15, 0.2) is 0 Å². The molecular weight excluding hydrogens is 1720 g/mol. The topological polar surface area (TPSA) is 599 Å². The average molecular weight is 1790 g/mol. The fourth-order valence-electron chi connectivity index (χ4n) is 10.5. The third kappa shape index (κ3) is 29.7. The van der Waals surface area contributed by atoms with Gasteiger partial charge in [-0.05, 0) is 142 Å². The lowest BCUT2D eigenvalue weighted by atomic mass is 10.1. The van der Waals surface area contributed by atoms with Crippen molar-refractivity contribution in [3.63, 3.8) is 0 Å².